The minimum absolute atomic E-state index is 0.109. The maximum Gasteiger partial charge on any atom is 0.306 e. The molecule has 3 nitrogen and oxygen atoms in total. The fourth-order valence-corrected chi connectivity index (χ4v) is 2.78. The third-order valence-electron chi connectivity index (χ3n) is 3.52. The van der Waals surface area contributed by atoms with Crippen LogP contribution < -0.4 is 5.73 Å². The molecule has 68 valence electrons. The Balaban J connectivity index is 2.07. The van der Waals surface area contributed by atoms with Gasteiger partial charge in [0.25, 0.3) is 0 Å². The summed E-state index contributed by atoms with van der Waals surface area (Å²) in [5.74, 6) is 0.246. The minimum Gasteiger partial charge on any atom is -0.481 e. The molecular formula is C9H15NO2. The summed E-state index contributed by atoms with van der Waals surface area (Å²) in [5, 5.41) is 8.85. The Morgan fingerprint density at radius 3 is 2.17 bits per heavy atom. The van der Waals surface area contributed by atoms with Gasteiger partial charge in [-0.3, -0.25) is 4.79 Å². The number of carbonyl (C=O) groups is 1. The van der Waals surface area contributed by atoms with Crippen LogP contribution in [0.25, 0.3) is 0 Å². The van der Waals surface area contributed by atoms with Crippen LogP contribution in [0.1, 0.15) is 25.7 Å². The number of nitrogens with two attached hydrogens (primary N) is 1. The maximum absolute atomic E-state index is 10.7. The molecule has 0 heterocycles. The third-order valence-corrected chi connectivity index (χ3v) is 3.52. The molecule has 0 amide bonds. The smallest absolute Gasteiger partial charge is 0.306 e. The van der Waals surface area contributed by atoms with Gasteiger partial charge >= 0.3 is 5.97 Å². The molecule has 2 aliphatic carbocycles. The second-order valence-electron chi connectivity index (χ2n) is 4.18. The van der Waals surface area contributed by atoms with E-state index < -0.39 is 5.97 Å². The van der Waals surface area contributed by atoms with Crippen molar-refractivity contribution < 1.29 is 9.90 Å². The summed E-state index contributed by atoms with van der Waals surface area (Å²) in [6, 6.07) is 0.292. The number of rotatable bonds is 1. The van der Waals surface area contributed by atoms with E-state index >= 15 is 0 Å². The number of fused-ring (bicyclic) bond motifs is 2. The fourth-order valence-electron chi connectivity index (χ4n) is 2.78. The summed E-state index contributed by atoms with van der Waals surface area (Å²) >= 11 is 0. The number of carboxylic acids is 1. The van der Waals surface area contributed by atoms with E-state index in [0.717, 1.165) is 25.7 Å². The van der Waals surface area contributed by atoms with E-state index in [2.05, 4.69) is 0 Å². The molecule has 2 fully saturated rings. The molecule has 0 unspecified atom stereocenters. The predicted octanol–water partition coefficient (Wildman–Crippen LogP) is 0.834. The van der Waals surface area contributed by atoms with E-state index in [-0.39, 0.29) is 5.92 Å². The molecule has 2 bridgehead atoms. The summed E-state index contributed by atoms with van der Waals surface area (Å²) in [5.41, 5.74) is 5.95. The van der Waals surface area contributed by atoms with Crippen molar-refractivity contribution in [3.63, 3.8) is 0 Å². The lowest BCUT2D eigenvalue weighted by Gasteiger charge is -2.30. The molecule has 0 radical (unpaired) electrons. The molecule has 0 aromatic rings. The van der Waals surface area contributed by atoms with Crippen molar-refractivity contribution >= 4 is 5.97 Å². The minimum atomic E-state index is -0.626. The lowest BCUT2D eigenvalue weighted by molar-refractivity contribution is -0.143. The van der Waals surface area contributed by atoms with Gasteiger partial charge in [-0.1, -0.05) is 0 Å². The summed E-state index contributed by atoms with van der Waals surface area (Å²) < 4.78 is 0. The largest absolute Gasteiger partial charge is 0.481 e. The quantitative estimate of drug-likeness (QED) is 0.611. The predicted molar refractivity (Wildman–Crippen MR) is 44.5 cm³/mol. The fraction of sp³-hybridized carbons (Fsp3) is 0.889. The topological polar surface area (TPSA) is 63.3 Å². The van der Waals surface area contributed by atoms with Gasteiger partial charge in [-0.2, -0.15) is 0 Å². The normalized spacial score (nSPS) is 46.1. The van der Waals surface area contributed by atoms with Crippen LogP contribution in [0.15, 0.2) is 0 Å². The van der Waals surface area contributed by atoms with Crippen LogP contribution in [-0.4, -0.2) is 17.1 Å². The SMILES string of the molecule is N[C@H]1[C@@H]2CC[C@H]1C[C@H](C(=O)O)C2. The van der Waals surface area contributed by atoms with E-state index in [0.29, 0.717) is 17.9 Å². The molecule has 3 N–H and O–H groups in total. The van der Waals surface area contributed by atoms with Gasteiger partial charge in [-0.25, -0.2) is 0 Å². The second-order valence-corrected chi connectivity index (χ2v) is 4.18. The molecule has 2 aliphatic rings. The van der Waals surface area contributed by atoms with Crippen molar-refractivity contribution in [1.82, 2.24) is 0 Å². The molecule has 0 spiro atoms. The first kappa shape index (κ1) is 8.05. The molecule has 12 heavy (non-hydrogen) atoms. The Kier molecular flexibility index (Phi) is 1.83. The molecular weight excluding hydrogens is 154 g/mol. The molecule has 4 atom stereocenters. The monoisotopic (exact) mass is 169 g/mol. The molecule has 0 saturated heterocycles. The summed E-state index contributed by atoms with van der Waals surface area (Å²) in [7, 11) is 0. The highest BCUT2D eigenvalue weighted by molar-refractivity contribution is 5.70. The molecule has 3 heteroatoms. The van der Waals surface area contributed by atoms with Crippen molar-refractivity contribution in [2.45, 2.75) is 31.7 Å². The number of carboxylic acid groups (broad SMARTS) is 1. The van der Waals surface area contributed by atoms with Gasteiger partial charge in [0, 0.05) is 6.04 Å². The Morgan fingerprint density at radius 2 is 1.75 bits per heavy atom. The van der Waals surface area contributed by atoms with E-state index in [1.54, 1.807) is 0 Å². The molecule has 0 aromatic heterocycles. The van der Waals surface area contributed by atoms with Crippen LogP contribution in [0.4, 0.5) is 0 Å². The Morgan fingerprint density at radius 1 is 1.25 bits per heavy atom. The summed E-state index contributed by atoms with van der Waals surface area (Å²) in [4.78, 5) is 10.7. The van der Waals surface area contributed by atoms with Gasteiger partial charge in [0.15, 0.2) is 0 Å². The zero-order valence-electron chi connectivity index (χ0n) is 7.07. The van der Waals surface area contributed by atoms with Crippen LogP contribution in [0.2, 0.25) is 0 Å². The molecule has 0 aliphatic heterocycles. The zero-order valence-corrected chi connectivity index (χ0v) is 7.07. The van der Waals surface area contributed by atoms with Crippen molar-refractivity contribution in [1.29, 1.82) is 0 Å². The first-order valence-electron chi connectivity index (χ1n) is 4.67. The third kappa shape index (κ3) is 1.12. The average Bonchev–Trinajstić information content (AvgIpc) is 2.30. The maximum atomic E-state index is 10.7. The van der Waals surface area contributed by atoms with Crippen molar-refractivity contribution in [2.75, 3.05) is 0 Å². The van der Waals surface area contributed by atoms with Gasteiger partial charge in [0.05, 0.1) is 5.92 Å². The van der Waals surface area contributed by atoms with E-state index in [1.807, 2.05) is 0 Å². The molecule has 2 rings (SSSR count). The highest BCUT2D eigenvalue weighted by atomic mass is 16.4. The standard InChI is InChI=1S/C9H15NO2/c10-8-5-1-2-6(8)4-7(3-5)9(11)12/h5-8H,1-4,10H2,(H,11,12)/t5-,6+,7-,8+. The van der Waals surface area contributed by atoms with Gasteiger partial charge in [-0.15, -0.1) is 0 Å². The lowest BCUT2D eigenvalue weighted by Crippen LogP contribution is -2.39. The highest BCUT2D eigenvalue weighted by Crippen LogP contribution is 2.43. The van der Waals surface area contributed by atoms with Gasteiger partial charge in [-0.05, 0) is 37.5 Å². The Bertz CT molecular complexity index is 191. The van der Waals surface area contributed by atoms with Crippen molar-refractivity contribution in [3.05, 3.63) is 0 Å². The van der Waals surface area contributed by atoms with Gasteiger partial charge in [0.1, 0.15) is 0 Å². The van der Waals surface area contributed by atoms with Crippen LogP contribution in [-0.2, 0) is 4.79 Å². The van der Waals surface area contributed by atoms with E-state index in [1.165, 1.54) is 0 Å². The molecule has 0 aromatic carbocycles. The highest BCUT2D eigenvalue weighted by Gasteiger charge is 2.42. The van der Waals surface area contributed by atoms with E-state index in [9.17, 15) is 4.79 Å². The van der Waals surface area contributed by atoms with Gasteiger partial charge in [0.2, 0.25) is 0 Å². The zero-order chi connectivity index (χ0) is 8.72. The number of hydrogen-bond donors (Lipinski definition) is 2. The summed E-state index contributed by atoms with van der Waals surface area (Å²) in [6.07, 6.45) is 3.92. The van der Waals surface area contributed by atoms with Crippen molar-refractivity contribution in [3.8, 4) is 0 Å². The van der Waals surface area contributed by atoms with Crippen molar-refractivity contribution in [2.24, 2.45) is 23.5 Å². The Labute approximate surface area is 71.9 Å². The lowest BCUT2D eigenvalue weighted by atomic mass is 9.78. The number of aliphatic carboxylic acids is 1. The van der Waals surface area contributed by atoms with E-state index in [4.69, 9.17) is 10.8 Å². The summed E-state index contributed by atoms with van der Waals surface area (Å²) in [6.45, 7) is 0. The first-order valence-corrected chi connectivity index (χ1v) is 4.67. The van der Waals surface area contributed by atoms with Gasteiger partial charge < -0.3 is 10.8 Å². The average molecular weight is 169 g/mol. The van der Waals surface area contributed by atoms with Crippen LogP contribution >= 0.6 is 0 Å². The second kappa shape index (κ2) is 2.73. The van der Waals surface area contributed by atoms with Crippen LogP contribution in [0, 0.1) is 17.8 Å². The van der Waals surface area contributed by atoms with Crippen LogP contribution in [0.5, 0.6) is 0 Å². The molecule has 2 saturated carbocycles. The first-order chi connectivity index (χ1) is 5.68. The van der Waals surface area contributed by atoms with Crippen LogP contribution in [0.3, 0.4) is 0 Å². The number of hydrogen-bond acceptors (Lipinski definition) is 2. The Hall–Kier alpha value is -0.570.